The molecule has 0 bridgehead atoms. The molecule has 4 nitrogen and oxygen atoms in total. The lowest BCUT2D eigenvalue weighted by atomic mass is 10.1. The number of nitrogens with one attached hydrogen (secondary N) is 1. The van der Waals surface area contributed by atoms with Gasteiger partial charge in [-0.3, -0.25) is 0 Å². The number of ether oxygens (including phenoxy) is 2. The summed E-state index contributed by atoms with van der Waals surface area (Å²) in [4.78, 5) is 0. The number of hydrogen-bond acceptors (Lipinski definition) is 4. The Hall–Kier alpha value is -1.54. The van der Waals surface area contributed by atoms with Crippen LogP contribution in [0.25, 0.3) is 0 Å². The molecule has 0 fully saturated rings. The molecule has 0 amide bonds. The van der Waals surface area contributed by atoms with Gasteiger partial charge in [-0.15, -0.1) is 0 Å². The van der Waals surface area contributed by atoms with Crippen LogP contribution in [0, 0.1) is 0 Å². The SMILES string of the molecule is CC(CCO)NCc1ccc(OC(F)F)cc1OC(F)F. The summed E-state index contributed by atoms with van der Waals surface area (Å²) in [5.41, 5.74) is 0.377. The molecule has 1 atom stereocenters. The van der Waals surface area contributed by atoms with Crippen LogP contribution in [0.15, 0.2) is 18.2 Å². The summed E-state index contributed by atoms with van der Waals surface area (Å²) in [6.07, 6.45) is 0.498. The monoisotopic (exact) mass is 311 g/mol. The van der Waals surface area contributed by atoms with E-state index < -0.39 is 13.2 Å². The van der Waals surface area contributed by atoms with Crippen LogP contribution < -0.4 is 14.8 Å². The average molecular weight is 311 g/mol. The molecule has 0 saturated carbocycles. The van der Waals surface area contributed by atoms with Gasteiger partial charge in [0.2, 0.25) is 0 Å². The minimum absolute atomic E-state index is 0.00424. The van der Waals surface area contributed by atoms with Crippen LogP contribution in [0.1, 0.15) is 18.9 Å². The Balaban J connectivity index is 2.80. The van der Waals surface area contributed by atoms with Gasteiger partial charge in [-0.2, -0.15) is 17.6 Å². The molecule has 1 aromatic carbocycles. The quantitative estimate of drug-likeness (QED) is 0.689. The number of benzene rings is 1. The van der Waals surface area contributed by atoms with Crippen LogP contribution >= 0.6 is 0 Å². The van der Waals surface area contributed by atoms with Gasteiger partial charge in [-0.25, -0.2) is 0 Å². The molecule has 1 rings (SSSR count). The smallest absolute Gasteiger partial charge is 0.387 e. The second-order valence-electron chi connectivity index (χ2n) is 4.32. The molecule has 0 aromatic heterocycles. The summed E-state index contributed by atoms with van der Waals surface area (Å²) >= 11 is 0. The van der Waals surface area contributed by atoms with Gasteiger partial charge in [0.05, 0.1) is 0 Å². The number of rotatable bonds is 9. The van der Waals surface area contributed by atoms with Gasteiger partial charge in [0.15, 0.2) is 0 Å². The third kappa shape index (κ3) is 6.63. The standard InChI is InChI=1S/C13H17F4NO3/c1-8(4-5-19)18-7-9-2-3-10(20-12(14)15)6-11(9)21-13(16)17/h2-3,6,8,12-13,18-19H,4-5,7H2,1H3. The van der Waals surface area contributed by atoms with E-state index in [4.69, 9.17) is 5.11 Å². The molecule has 0 aliphatic heterocycles. The fraction of sp³-hybridized carbons (Fsp3) is 0.538. The topological polar surface area (TPSA) is 50.7 Å². The van der Waals surface area contributed by atoms with E-state index in [-0.39, 0.29) is 30.7 Å². The van der Waals surface area contributed by atoms with Crippen LogP contribution in [0.5, 0.6) is 11.5 Å². The Morgan fingerprint density at radius 3 is 2.38 bits per heavy atom. The normalized spacial score (nSPS) is 12.8. The molecule has 0 aliphatic rings. The van der Waals surface area contributed by atoms with Gasteiger partial charge in [-0.05, 0) is 19.4 Å². The number of halogens is 4. The predicted octanol–water partition coefficient (Wildman–Crippen LogP) is 2.75. The van der Waals surface area contributed by atoms with Crippen molar-refractivity contribution in [3.63, 3.8) is 0 Å². The molecule has 0 saturated heterocycles. The first-order valence-electron chi connectivity index (χ1n) is 6.29. The maximum absolute atomic E-state index is 12.3. The Labute approximate surface area is 119 Å². The van der Waals surface area contributed by atoms with Crippen molar-refractivity contribution in [1.29, 1.82) is 0 Å². The fourth-order valence-electron chi connectivity index (χ4n) is 1.64. The van der Waals surface area contributed by atoms with Crippen molar-refractivity contribution < 1.29 is 32.1 Å². The Kier molecular flexibility index (Phi) is 7.24. The second kappa shape index (κ2) is 8.68. The number of aliphatic hydroxyl groups excluding tert-OH is 1. The summed E-state index contributed by atoms with van der Waals surface area (Å²) in [6, 6.07) is 3.57. The van der Waals surface area contributed by atoms with E-state index in [1.165, 1.54) is 12.1 Å². The summed E-state index contributed by atoms with van der Waals surface area (Å²) in [5, 5.41) is 11.8. The molecular formula is C13H17F4NO3. The van der Waals surface area contributed by atoms with E-state index in [9.17, 15) is 17.6 Å². The maximum Gasteiger partial charge on any atom is 0.387 e. The van der Waals surface area contributed by atoms with Gasteiger partial charge in [-0.1, -0.05) is 6.07 Å². The number of hydrogen-bond donors (Lipinski definition) is 2. The predicted molar refractivity (Wildman–Crippen MR) is 67.7 cm³/mol. The first-order chi connectivity index (χ1) is 9.92. The molecule has 0 aliphatic carbocycles. The molecule has 0 radical (unpaired) electrons. The van der Waals surface area contributed by atoms with Crippen LogP contribution in [-0.2, 0) is 6.54 Å². The molecule has 1 aromatic rings. The zero-order valence-corrected chi connectivity index (χ0v) is 11.4. The van der Waals surface area contributed by atoms with Gasteiger partial charge in [0, 0.05) is 30.8 Å². The largest absolute Gasteiger partial charge is 0.435 e. The molecule has 2 N–H and O–H groups in total. The maximum atomic E-state index is 12.3. The molecule has 1 unspecified atom stereocenters. The molecule has 120 valence electrons. The lowest BCUT2D eigenvalue weighted by molar-refractivity contribution is -0.0546. The highest BCUT2D eigenvalue weighted by molar-refractivity contribution is 5.40. The van der Waals surface area contributed by atoms with Gasteiger partial charge in [0.1, 0.15) is 11.5 Å². The molecule has 0 spiro atoms. The molecule has 8 heteroatoms. The Morgan fingerprint density at radius 2 is 1.81 bits per heavy atom. The van der Waals surface area contributed by atoms with Crippen LogP contribution in [0.4, 0.5) is 17.6 Å². The third-order valence-corrected chi connectivity index (χ3v) is 2.68. The highest BCUT2D eigenvalue weighted by atomic mass is 19.3. The molecule has 0 heterocycles. The van der Waals surface area contributed by atoms with Crippen molar-refractivity contribution in [2.45, 2.75) is 39.2 Å². The van der Waals surface area contributed by atoms with E-state index in [1.807, 2.05) is 6.92 Å². The minimum atomic E-state index is -3.07. The lowest BCUT2D eigenvalue weighted by Gasteiger charge is -2.16. The molecular weight excluding hydrogens is 294 g/mol. The van der Waals surface area contributed by atoms with E-state index in [1.54, 1.807) is 0 Å². The van der Waals surface area contributed by atoms with Crippen LogP contribution in [0.3, 0.4) is 0 Å². The zero-order valence-electron chi connectivity index (χ0n) is 11.4. The van der Waals surface area contributed by atoms with Crippen molar-refractivity contribution in [3.05, 3.63) is 23.8 Å². The molecule has 21 heavy (non-hydrogen) atoms. The van der Waals surface area contributed by atoms with Crippen molar-refractivity contribution in [2.24, 2.45) is 0 Å². The first kappa shape index (κ1) is 17.5. The van der Waals surface area contributed by atoms with Gasteiger partial charge >= 0.3 is 13.2 Å². The summed E-state index contributed by atoms with van der Waals surface area (Å²) in [7, 11) is 0. The van der Waals surface area contributed by atoms with Crippen molar-refractivity contribution >= 4 is 0 Å². The van der Waals surface area contributed by atoms with Crippen LogP contribution in [0.2, 0.25) is 0 Å². The zero-order chi connectivity index (χ0) is 15.8. The third-order valence-electron chi connectivity index (χ3n) is 2.68. The summed E-state index contributed by atoms with van der Waals surface area (Å²) < 4.78 is 57.4. The van der Waals surface area contributed by atoms with Crippen molar-refractivity contribution in [1.82, 2.24) is 5.32 Å². The number of alkyl halides is 4. The average Bonchev–Trinajstić information content (AvgIpc) is 2.36. The second-order valence-corrected chi connectivity index (χ2v) is 4.32. The Morgan fingerprint density at radius 1 is 1.14 bits per heavy atom. The lowest BCUT2D eigenvalue weighted by Crippen LogP contribution is -2.26. The number of aliphatic hydroxyl groups is 1. The Bertz CT molecular complexity index is 432. The van der Waals surface area contributed by atoms with E-state index >= 15 is 0 Å². The first-order valence-corrected chi connectivity index (χ1v) is 6.29. The minimum Gasteiger partial charge on any atom is -0.435 e. The van der Waals surface area contributed by atoms with E-state index in [0.29, 0.717) is 12.0 Å². The van der Waals surface area contributed by atoms with Crippen molar-refractivity contribution in [2.75, 3.05) is 6.61 Å². The van der Waals surface area contributed by atoms with E-state index in [2.05, 4.69) is 14.8 Å². The van der Waals surface area contributed by atoms with Crippen molar-refractivity contribution in [3.8, 4) is 11.5 Å². The van der Waals surface area contributed by atoms with Gasteiger partial charge < -0.3 is 19.9 Å². The summed E-state index contributed by atoms with van der Waals surface area (Å²) in [6.45, 7) is -4.11. The highest BCUT2D eigenvalue weighted by Crippen LogP contribution is 2.27. The highest BCUT2D eigenvalue weighted by Gasteiger charge is 2.14. The van der Waals surface area contributed by atoms with E-state index in [0.717, 1.165) is 6.07 Å². The van der Waals surface area contributed by atoms with Gasteiger partial charge in [0.25, 0.3) is 0 Å². The van der Waals surface area contributed by atoms with Crippen LogP contribution in [-0.4, -0.2) is 31.0 Å². The summed E-state index contributed by atoms with van der Waals surface area (Å²) in [5.74, 6) is -0.486. The fourth-order valence-corrected chi connectivity index (χ4v) is 1.64.